The van der Waals surface area contributed by atoms with Crippen LogP contribution in [-0.2, 0) is 0 Å². The molecule has 2 unspecified atom stereocenters. The minimum absolute atomic E-state index is 0.300. The van der Waals surface area contributed by atoms with E-state index in [0.29, 0.717) is 11.5 Å². The van der Waals surface area contributed by atoms with Crippen LogP contribution in [0.3, 0.4) is 0 Å². The first-order valence-electron chi connectivity index (χ1n) is 7.32. The number of aliphatic hydroxyl groups is 1. The highest BCUT2D eigenvalue weighted by molar-refractivity contribution is 5.26. The molecule has 1 rings (SSSR count). The quantitative estimate of drug-likeness (QED) is 0.805. The number of benzene rings is 1. The molecule has 2 nitrogen and oxygen atoms in total. The topological polar surface area (TPSA) is 32.3 Å². The molecular weight excluding hydrogens is 234 g/mol. The fourth-order valence-electron chi connectivity index (χ4n) is 2.39. The first-order valence-corrected chi connectivity index (χ1v) is 7.32. The van der Waals surface area contributed by atoms with Gasteiger partial charge in [-0.15, -0.1) is 0 Å². The van der Waals surface area contributed by atoms with Gasteiger partial charge in [0.15, 0.2) is 0 Å². The van der Waals surface area contributed by atoms with Crippen molar-refractivity contribution in [1.29, 1.82) is 0 Å². The molecule has 0 saturated heterocycles. The number of nitrogens with one attached hydrogen (secondary N) is 1. The summed E-state index contributed by atoms with van der Waals surface area (Å²) in [4.78, 5) is 0. The van der Waals surface area contributed by atoms with Crippen LogP contribution in [0.25, 0.3) is 0 Å². The maximum atomic E-state index is 9.98. The summed E-state index contributed by atoms with van der Waals surface area (Å²) in [7, 11) is 2.01. The van der Waals surface area contributed by atoms with E-state index in [4.69, 9.17) is 0 Å². The number of aliphatic hydroxyl groups excluding tert-OH is 1. The van der Waals surface area contributed by atoms with Crippen LogP contribution in [0.5, 0.6) is 0 Å². The number of hydrogen-bond acceptors (Lipinski definition) is 2. The summed E-state index contributed by atoms with van der Waals surface area (Å²) in [5, 5.41) is 13.4. The van der Waals surface area contributed by atoms with Gasteiger partial charge in [-0.1, -0.05) is 58.4 Å². The van der Waals surface area contributed by atoms with E-state index in [9.17, 15) is 5.11 Å². The summed E-state index contributed by atoms with van der Waals surface area (Å²) in [6.45, 7) is 8.88. The van der Waals surface area contributed by atoms with Gasteiger partial charge in [0, 0.05) is 6.04 Å². The largest absolute Gasteiger partial charge is 0.388 e. The Labute approximate surface area is 118 Å². The van der Waals surface area contributed by atoms with Crippen LogP contribution in [0.2, 0.25) is 0 Å². The van der Waals surface area contributed by atoms with Gasteiger partial charge in [-0.05, 0) is 36.4 Å². The molecule has 0 heterocycles. The van der Waals surface area contributed by atoms with E-state index in [2.05, 4.69) is 57.3 Å². The molecule has 1 aromatic rings. The lowest BCUT2D eigenvalue weighted by Gasteiger charge is -2.26. The number of hydrogen-bond donors (Lipinski definition) is 2. The molecular formula is C17H29NO. The normalized spacial score (nSPS) is 15.3. The highest BCUT2D eigenvalue weighted by Crippen LogP contribution is 2.30. The first kappa shape index (κ1) is 16.2. The van der Waals surface area contributed by atoms with Gasteiger partial charge in [-0.2, -0.15) is 0 Å². The highest BCUT2D eigenvalue weighted by atomic mass is 16.3. The highest BCUT2D eigenvalue weighted by Gasteiger charge is 2.19. The van der Waals surface area contributed by atoms with Crippen molar-refractivity contribution in [2.24, 2.45) is 5.41 Å². The van der Waals surface area contributed by atoms with Crippen LogP contribution in [-0.4, -0.2) is 12.2 Å². The van der Waals surface area contributed by atoms with Crippen LogP contribution < -0.4 is 5.32 Å². The van der Waals surface area contributed by atoms with E-state index in [-0.39, 0.29) is 6.10 Å². The molecule has 2 N–H and O–H groups in total. The lowest BCUT2D eigenvalue weighted by atomic mass is 9.85. The van der Waals surface area contributed by atoms with Crippen molar-refractivity contribution in [3.8, 4) is 0 Å². The molecule has 0 bridgehead atoms. The van der Waals surface area contributed by atoms with Gasteiger partial charge < -0.3 is 10.4 Å². The lowest BCUT2D eigenvalue weighted by molar-refractivity contribution is 0.166. The zero-order valence-electron chi connectivity index (χ0n) is 13.0. The second kappa shape index (κ2) is 7.06. The van der Waals surface area contributed by atoms with Gasteiger partial charge in [0.2, 0.25) is 0 Å². The van der Waals surface area contributed by atoms with E-state index < -0.39 is 0 Å². The third kappa shape index (κ3) is 5.33. The van der Waals surface area contributed by atoms with E-state index in [1.54, 1.807) is 0 Å². The molecule has 0 spiro atoms. The molecule has 0 aliphatic rings. The van der Waals surface area contributed by atoms with E-state index in [1.165, 1.54) is 5.56 Å². The summed E-state index contributed by atoms with van der Waals surface area (Å²) >= 11 is 0. The van der Waals surface area contributed by atoms with Crippen LogP contribution in [0.15, 0.2) is 24.3 Å². The van der Waals surface area contributed by atoms with Crippen LogP contribution >= 0.6 is 0 Å². The maximum absolute atomic E-state index is 9.98. The average Bonchev–Trinajstić information content (AvgIpc) is 2.35. The minimum atomic E-state index is -0.324. The van der Waals surface area contributed by atoms with Crippen LogP contribution in [0, 0.1) is 5.41 Å². The SMILES string of the molecule is CCCC(O)c1ccc(C(CC(C)(C)C)NC)cc1. The molecule has 2 heteroatoms. The van der Waals surface area contributed by atoms with Crippen LogP contribution in [0.1, 0.15) is 70.2 Å². The minimum Gasteiger partial charge on any atom is -0.388 e. The predicted octanol–water partition coefficient (Wildman–Crippen LogP) is 4.22. The molecule has 108 valence electrons. The molecule has 0 aliphatic heterocycles. The van der Waals surface area contributed by atoms with Crippen molar-refractivity contribution in [3.63, 3.8) is 0 Å². The van der Waals surface area contributed by atoms with Gasteiger partial charge in [0.1, 0.15) is 0 Å². The molecule has 0 aliphatic carbocycles. The summed E-state index contributed by atoms with van der Waals surface area (Å²) in [5.74, 6) is 0. The van der Waals surface area contributed by atoms with Crippen molar-refractivity contribution in [2.75, 3.05) is 7.05 Å². The monoisotopic (exact) mass is 263 g/mol. The zero-order chi connectivity index (χ0) is 14.5. The van der Waals surface area contributed by atoms with Gasteiger partial charge in [0.25, 0.3) is 0 Å². The molecule has 0 saturated carbocycles. The second-order valence-electron chi connectivity index (χ2n) is 6.58. The molecule has 19 heavy (non-hydrogen) atoms. The Balaban J connectivity index is 2.78. The van der Waals surface area contributed by atoms with E-state index >= 15 is 0 Å². The smallest absolute Gasteiger partial charge is 0.0790 e. The summed E-state index contributed by atoms with van der Waals surface area (Å²) < 4.78 is 0. The Kier molecular flexibility index (Phi) is 6.02. The Hall–Kier alpha value is -0.860. The van der Waals surface area contributed by atoms with Crippen molar-refractivity contribution in [1.82, 2.24) is 5.32 Å². The standard InChI is InChI=1S/C17H29NO/c1-6-7-16(19)14-10-8-13(9-11-14)15(18-5)12-17(2,3)4/h8-11,15-16,18-19H,6-7,12H2,1-5H3. The molecule has 0 fully saturated rings. The molecule has 0 amide bonds. The fraction of sp³-hybridized carbons (Fsp3) is 0.647. The Morgan fingerprint density at radius 3 is 2.05 bits per heavy atom. The maximum Gasteiger partial charge on any atom is 0.0790 e. The van der Waals surface area contributed by atoms with Crippen molar-refractivity contribution in [3.05, 3.63) is 35.4 Å². The van der Waals surface area contributed by atoms with E-state index in [0.717, 1.165) is 24.8 Å². The molecule has 2 atom stereocenters. The fourth-order valence-corrected chi connectivity index (χ4v) is 2.39. The lowest BCUT2D eigenvalue weighted by Crippen LogP contribution is -2.22. The molecule has 1 aromatic carbocycles. The van der Waals surface area contributed by atoms with Gasteiger partial charge in [0.05, 0.1) is 6.10 Å². The zero-order valence-corrected chi connectivity index (χ0v) is 13.0. The summed E-state index contributed by atoms with van der Waals surface area (Å²) in [6.07, 6.45) is 2.61. The second-order valence-corrected chi connectivity index (χ2v) is 6.58. The number of rotatable bonds is 6. The van der Waals surface area contributed by atoms with Gasteiger partial charge >= 0.3 is 0 Å². The summed E-state index contributed by atoms with van der Waals surface area (Å²) in [6, 6.07) is 8.77. The van der Waals surface area contributed by atoms with Gasteiger partial charge in [-0.25, -0.2) is 0 Å². The van der Waals surface area contributed by atoms with Crippen molar-refractivity contribution < 1.29 is 5.11 Å². The third-order valence-electron chi connectivity index (χ3n) is 3.45. The Morgan fingerprint density at radius 1 is 1.11 bits per heavy atom. The van der Waals surface area contributed by atoms with E-state index in [1.807, 2.05) is 7.05 Å². The van der Waals surface area contributed by atoms with Crippen molar-refractivity contribution >= 4 is 0 Å². The predicted molar refractivity (Wildman–Crippen MR) is 82.2 cm³/mol. The first-order chi connectivity index (χ1) is 8.87. The molecule has 0 radical (unpaired) electrons. The molecule has 0 aromatic heterocycles. The average molecular weight is 263 g/mol. The van der Waals surface area contributed by atoms with Gasteiger partial charge in [-0.3, -0.25) is 0 Å². The third-order valence-corrected chi connectivity index (χ3v) is 3.45. The summed E-state index contributed by atoms with van der Waals surface area (Å²) in [5.41, 5.74) is 2.62. The Bertz CT molecular complexity index is 364. The Morgan fingerprint density at radius 2 is 1.63 bits per heavy atom. The van der Waals surface area contributed by atoms with Crippen molar-refractivity contribution in [2.45, 2.75) is 59.1 Å². The van der Waals surface area contributed by atoms with Crippen LogP contribution in [0.4, 0.5) is 0 Å².